The molecule has 0 amide bonds. The number of nitrogens with zero attached hydrogens (tertiary/aromatic N) is 3. The van der Waals surface area contributed by atoms with Crippen LogP contribution in [-0.2, 0) is 17.5 Å². The van der Waals surface area contributed by atoms with Gasteiger partial charge in [-0.1, -0.05) is 13.0 Å². The molecule has 2 saturated heterocycles. The SMILES string of the molecule is CCNC(=NCc1ccc(N2CCOCC2)cc1C(F)(F)F)NCC1CCCN1CC.I. The molecule has 1 unspecified atom stereocenters. The second kappa shape index (κ2) is 12.8. The molecule has 2 aliphatic rings. The van der Waals surface area contributed by atoms with Crippen molar-refractivity contribution in [3.05, 3.63) is 29.3 Å². The van der Waals surface area contributed by atoms with Crippen LogP contribution >= 0.6 is 24.0 Å². The first-order valence-corrected chi connectivity index (χ1v) is 11.2. The quantitative estimate of drug-likeness (QED) is 0.298. The molecule has 6 nitrogen and oxygen atoms in total. The van der Waals surface area contributed by atoms with Crippen molar-refractivity contribution in [3.63, 3.8) is 0 Å². The second-order valence-electron chi connectivity index (χ2n) is 7.94. The van der Waals surface area contributed by atoms with Gasteiger partial charge in [0.2, 0.25) is 0 Å². The van der Waals surface area contributed by atoms with Crippen LogP contribution in [0, 0.1) is 0 Å². The number of likely N-dealkylation sites (N-methyl/N-ethyl adjacent to an activating group) is 1. The van der Waals surface area contributed by atoms with Crippen molar-refractivity contribution in [1.29, 1.82) is 0 Å². The largest absolute Gasteiger partial charge is 0.416 e. The molecule has 182 valence electrons. The number of hydrogen-bond acceptors (Lipinski definition) is 4. The molecule has 0 bridgehead atoms. The lowest BCUT2D eigenvalue weighted by Crippen LogP contribution is -2.44. The van der Waals surface area contributed by atoms with Gasteiger partial charge >= 0.3 is 6.18 Å². The molecule has 2 heterocycles. The maximum absolute atomic E-state index is 13.8. The number of nitrogens with one attached hydrogen (secondary N) is 2. The highest BCUT2D eigenvalue weighted by Crippen LogP contribution is 2.35. The van der Waals surface area contributed by atoms with E-state index in [1.54, 1.807) is 12.1 Å². The third kappa shape index (κ3) is 7.38. The third-order valence-corrected chi connectivity index (χ3v) is 5.94. The Bertz CT molecular complexity index is 741. The number of hydrogen-bond donors (Lipinski definition) is 2. The molecule has 2 N–H and O–H groups in total. The molecule has 0 radical (unpaired) electrons. The van der Waals surface area contributed by atoms with Crippen LogP contribution in [0.3, 0.4) is 0 Å². The normalized spacial score (nSPS) is 20.2. The lowest BCUT2D eigenvalue weighted by Gasteiger charge is -2.29. The van der Waals surface area contributed by atoms with E-state index < -0.39 is 11.7 Å². The highest BCUT2D eigenvalue weighted by atomic mass is 127. The van der Waals surface area contributed by atoms with Crippen LogP contribution in [0.1, 0.15) is 37.8 Å². The smallest absolute Gasteiger partial charge is 0.378 e. The Labute approximate surface area is 206 Å². The fraction of sp³-hybridized carbons (Fsp3) is 0.682. The maximum atomic E-state index is 13.8. The Kier molecular flexibility index (Phi) is 10.8. The predicted octanol–water partition coefficient (Wildman–Crippen LogP) is 3.70. The lowest BCUT2D eigenvalue weighted by atomic mass is 10.1. The van der Waals surface area contributed by atoms with Crippen molar-refractivity contribution in [2.24, 2.45) is 4.99 Å². The van der Waals surface area contributed by atoms with Crippen molar-refractivity contribution in [2.75, 3.05) is 57.4 Å². The fourth-order valence-corrected chi connectivity index (χ4v) is 4.25. The van der Waals surface area contributed by atoms with Gasteiger partial charge in [0.15, 0.2) is 5.96 Å². The summed E-state index contributed by atoms with van der Waals surface area (Å²) in [7, 11) is 0. The number of morpholine rings is 1. The first-order chi connectivity index (χ1) is 14.9. The summed E-state index contributed by atoms with van der Waals surface area (Å²) < 4.78 is 46.6. The van der Waals surface area contributed by atoms with E-state index >= 15 is 0 Å². The van der Waals surface area contributed by atoms with Crippen LogP contribution in [0.4, 0.5) is 18.9 Å². The van der Waals surface area contributed by atoms with Crippen molar-refractivity contribution in [1.82, 2.24) is 15.5 Å². The number of ether oxygens (including phenoxy) is 1. The number of rotatable bonds is 7. The Morgan fingerprint density at radius 3 is 2.56 bits per heavy atom. The van der Waals surface area contributed by atoms with E-state index in [9.17, 15) is 13.2 Å². The van der Waals surface area contributed by atoms with Crippen LogP contribution in [0.2, 0.25) is 0 Å². The van der Waals surface area contributed by atoms with Crippen molar-refractivity contribution in [2.45, 2.75) is 45.5 Å². The lowest BCUT2D eigenvalue weighted by molar-refractivity contribution is -0.138. The van der Waals surface area contributed by atoms with E-state index in [1.807, 2.05) is 11.8 Å². The number of halogens is 4. The van der Waals surface area contributed by atoms with Gasteiger partial charge in [-0.05, 0) is 50.6 Å². The molecule has 0 aliphatic carbocycles. The van der Waals surface area contributed by atoms with Gasteiger partial charge in [-0.2, -0.15) is 13.2 Å². The van der Waals surface area contributed by atoms with Crippen molar-refractivity contribution >= 4 is 35.6 Å². The van der Waals surface area contributed by atoms with Gasteiger partial charge in [0.1, 0.15) is 0 Å². The predicted molar refractivity (Wildman–Crippen MR) is 133 cm³/mol. The molecule has 10 heteroatoms. The summed E-state index contributed by atoms with van der Waals surface area (Å²) in [5, 5.41) is 6.46. The molecule has 0 spiro atoms. The number of aliphatic imine (C=N–C) groups is 1. The molecule has 2 fully saturated rings. The number of anilines is 1. The number of benzene rings is 1. The van der Waals surface area contributed by atoms with E-state index in [0.717, 1.165) is 26.1 Å². The fourth-order valence-electron chi connectivity index (χ4n) is 4.25. The average molecular weight is 569 g/mol. The minimum Gasteiger partial charge on any atom is -0.378 e. The molecular weight excluding hydrogens is 534 g/mol. The first-order valence-electron chi connectivity index (χ1n) is 11.2. The molecule has 1 aromatic rings. The number of alkyl halides is 3. The minimum atomic E-state index is -4.43. The van der Waals surface area contributed by atoms with Crippen molar-refractivity contribution < 1.29 is 17.9 Å². The maximum Gasteiger partial charge on any atom is 0.416 e. The highest BCUT2D eigenvalue weighted by molar-refractivity contribution is 14.0. The summed E-state index contributed by atoms with van der Waals surface area (Å²) in [4.78, 5) is 8.80. The van der Waals surface area contributed by atoms with Crippen LogP contribution in [0.15, 0.2) is 23.2 Å². The number of guanidine groups is 1. The highest BCUT2D eigenvalue weighted by Gasteiger charge is 2.34. The molecule has 1 aromatic carbocycles. The van der Waals surface area contributed by atoms with Gasteiger partial charge in [-0.3, -0.25) is 4.90 Å². The third-order valence-electron chi connectivity index (χ3n) is 5.94. The van der Waals surface area contributed by atoms with Crippen molar-refractivity contribution in [3.8, 4) is 0 Å². The van der Waals surface area contributed by atoms with Gasteiger partial charge in [-0.25, -0.2) is 4.99 Å². The number of likely N-dealkylation sites (tertiary alicyclic amines) is 1. The van der Waals surface area contributed by atoms with Gasteiger partial charge in [0.25, 0.3) is 0 Å². The van der Waals surface area contributed by atoms with E-state index in [4.69, 9.17) is 4.74 Å². The van der Waals surface area contributed by atoms with E-state index in [1.165, 1.54) is 12.5 Å². The summed E-state index contributed by atoms with van der Waals surface area (Å²) in [6.45, 7) is 9.81. The Morgan fingerprint density at radius 2 is 1.91 bits per heavy atom. The molecule has 0 saturated carbocycles. The van der Waals surface area contributed by atoms with E-state index in [-0.39, 0.29) is 36.1 Å². The molecule has 2 aliphatic heterocycles. The van der Waals surface area contributed by atoms with Crippen LogP contribution in [0.25, 0.3) is 0 Å². The Hall–Kier alpha value is -1.27. The summed E-state index contributed by atoms with van der Waals surface area (Å²) in [5.41, 5.74) is 0.135. The molecular formula is C22H35F3IN5O. The summed E-state index contributed by atoms with van der Waals surface area (Å²) in [6.07, 6.45) is -2.12. The van der Waals surface area contributed by atoms with Crippen LogP contribution in [0.5, 0.6) is 0 Å². The summed E-state index contributed by atoms with van der Waals surface area (Å²) in [5.74, 6) is 0.552. The molecule has 0 aromatic heterocycles. The second-order valence-corrected chi connectivity index (χ2v) is 7.94. The van der Waals surface area contributed by atoms with E-state index in [0.29, 0.717) is 50.5 Å². The van der Waals surface area contributed by atoms with Gasteiger partial charge in [0.05, 0.1) is 25.3 Å². The van der Waals surface area contributed by atoms with Crippen LogP contribution < -0.4 is 15.5 Å². The van der Waals surface area contributed by atoms with Gasteiger partial charge in [-0.15, -0.1) is 24.0 Å². The first kappa shape index (κ1) is 27.0. The zero-order chi connectivity index (χ0) is 22.3. The minimum absolute atomic E-state index is 0. The van der Waals surface area contributed by atoms with E-state index in [2.05, 4.69) is 27.4 Å². The average Bonchev–Trinajstić information content (AvgIpc) is 3.23. The molecule has 1 atom stereocenters. The monoisotopic (exact) mass is 569 g/mol. The molecule has 32 heavy (non-hydrogen) atoms. The van der Waals surface area contributed by atoms with Crippen LogP contribution in [-0.4, -0.2) is 69.4 Å². The van der Waals surface area contributed by atoms with Gasteiger partial charge in [0, 0.05) is 37.9 Å². The zero-order valence-electron chi connectivity index (χ0n) is 18.9. The zero-order valence-corrected chi connectivity index (χ0v) is 21.2. The Balaban J connectivity index is 0.00000363. The summed E-state index contributed by atoms with van der Waals surface area (Å²) >= 11 is 0. The standard InChI is InChI=1S/C22H34F3N5O.HI/c1-3-26-21(28-16-19-6-5-9-29(19)4-2)27-15-17-7-8-18(14-20(17)22(23,24)25)30-10-12-31-13-11-30;/h7-8,14,19H,3-6,9-13,15-16H2,1-2H3,(H2,26,27,28);1H. The molecule has 3 rings (SSSR count). The summed E-state index contributed by atoms with van der Waals surface area (Å²) in [6, 6.07) is 4.99. The topological polar surface area (TPSA) is 52.1 Å². The Morgan fingerprint density at radius 1 is 1.16 bits per heavy atom. The van der Waals surface area contributed by atoms with Gasteiger partial charge < -0.3 is 20.3 Å².